The van der Waals surface area contributed by atoms with Gasteiger partial charge in [0.1, 0.15) is 5.75 Å². The van der Waals surface area contributed by atoms with Crippen LogP contribution in [0, 0.1) is 0 Å². The van der Waals surface area contributed by atoms with E-state index in [2.05, 4.69) is 0 Å². The first kappa shape index (κ1) is 19.3. The van der Waals surface area contributed by atoms with Gasteiger partial charge < -0.3 is 4.74 Å². The molecular weight excluding hydrogens is 405 g/mol. The first-order chi connectivity index (χ1) is 14.1. The van der Waals surface area contributed by atoms with Crippen LogP contribution in [0.2, 0.25) is 10.0 Å². The summed E-state index contributed by atoms with van der Waals surface area (Å²) in [5.74, 6) is 0.430. The number of halogens is 2. The van der Waals surface area contributed by atoms with Gasteiger partial charge in [-0.05, 0) is 53.6 Å². The molecule has 0 aliphatic carbocycles. The van der Waals surface area contributed by atoms with Crippen molar-refractivity contribution in [2.75, 3.05) is 12.0 Å². The number of ether oxygens (including phenoxy) is 1. The Balaban J connectivity index is 1.83. The number of benzene rings is 3. The Labute approximate surface area is 179 Å². The van der Waals surface area contributed by atoms with Gasteiger partial charge >= 0.3 is 0 Å². The molecule has 0 saturated carbocycles. The number of hydrogen-bond donors (Lipinski definition) is 0. The molecule has 0 fully saturated rings. The first-order valence-corrected chi connectivity index (χ1v) is 9.75. The average Bonchev–Trinajstić information content (AvgIpc) is 3.05. The molecule has 0 spiro atoms. The van der Waals surface area contributed by atoms with Crippen LogP contribution < -0.4 is 9.64 Å². The van der Waals surface area contributed by atoms with Crippen molar-refractivity contribution in [2.24, 2.45) is 0 Å². The molecule has 0 aromatic heterocycles. The Morgan fingerprint density at radius 1 is 0.931 bits per heavy atom. The fraction of sp³-hybridized carbons (Fsp3) is 0.0417. The minimum atomic E-state index is -0.125. The van der Waals surface area contributed by atoms with Crippen LogP contribution in [0.4, 0.5) is 5.69 Å². The molecule has 0 atom stereocenters. The quantitative estimate of drug-likeness (QED) is 0.451. The maximum absolute atomic E-state index is 13.3. The van der Waals surface area contributed by atoms with Crippen LogP contribution in [0.5, 0.6) is 5.75 Å². The number of methoxy groups -OCH3 is 1. The molecule has 4 rings (SSSR count). The summed E-state index contributed by atoms with van der Waals surface area (Å²) in [7, 11) is 1.56. The number of rotatable bonds is 4. The standard InChI is InChI=1S/C24H17Cl2NO2/c1-29-23-12-11-20(15-21(23)26)27-22(17-7-9-19(25)10-8-17)14-18(24(27)28)13-16-5-3-2-4-6-16/h2-15H,1H3/b18-13+. The third kappa shape index (κ3) is 3.93. The van der Waals surface area contributed by atoms with Crippen LogP contribution in [-0.4, -0.2) is 13.0 Å². The van der Waals surface area contributed by atoms with Gasteiger partial charge in [0, 0.05) is 10.6 Å². The zero-order valence-corrected chi connectivity index (χ0v) is 17.1. The van der Waals surface area contributed by atoms with Crippen molar-refractivity contribution >= 4 is 46.6 Å². The summed E-state index contributed by atoms with van der Waals surface area (Å²) in [4.78, 5) is 15.0. The Bertz CT molecular complexity index is 1120. The van der Waals surface area contributed by atoms with E-state index in [1.807, 2.05) is 60.7 Å². The topological polar surface area (TPSA) is 29.5 Å². The SMILES string of the molecule is COc1ccc(N2C(=O)/C(=C/c3ccccc3)C=C2c2ccc(Cl)cc2)cc1Cl. The predicted molar refractivity (Wildman–Crippen MR) is 119 cm³/mol. The summed E-state index contributed by atoms with van der Waals surface area (Å²) < 4.78 is 5.24. The van der Waals surface area contributed by atoms with Crippen molar-refractivity contribution in [3.8, 4) is 5.75 Å². The Kier molecular flexibility index (Phi) is 5.43. The van der Waals surface area contributed by atoms with Crippen molar-refractivity contribution in [1.29, 1.82) is 0 Å². The minimum Gasteiger partial charge on any atom is -0.495 e. The van der Waals surface area contributed by atoms with Gasteiger partial charge in [-0.1, -0.05) is 65.7 Å². The molecule has 0 radical (unpaired) electrons. The van der Waals surface area contributed by atoms with Gasteiger partial charge in [0.25, 0.3) is 5.91 Å². The van der Waals surface area contributed by atoms with E-state index in [4.69, 9.17) is 27.9 Å². The van der Waals surface area contributed by atoms with Gasteiger partial charge in [0.15, 0.2) is 0 Å². The minimum absolute atomic E-state index is 0.125. The molecule has 1 aliphatic rings. The summed E-state index contributed by atoms with van der Waals surface area (Å²) >= 11 is 12.4. The van der Waals surface area contributed by atoms with Gasteiger partial charge in [-0.15, -0.1) is 0 Å². The summed E-state index contributed by atoms with van der Waals surface area (Å²) in [6.45, 7) is 0. The lowest BCUT2D eigenvalue weighted by Crippen LogP contribution is -2.25. The third-order valence-electron chi connectivity index (χ3n) is 4.64. The fourth-order valence-electron chi connectivity index (χ4n) is 3.23. The molecule has 0 unspecified atom stereocenters. The summed E-state index contributed by atoms with van der Waals surface area (Å²) in [5.41, 5.74) is 3.85. The highest BCUT2D eigenvalue weighted by Crippen LogP contribution is 2.38. The lowest BCUT2D eigenvalue weighted by molar-refractivity contribution is -0.113. The number of anilines is 1. The number of carbonyl (C=O) groups is 1. The van der Waals surface area contributed by atoms with Crippen LogP contribution in [0.15, 0.2) is 84.4 Å². The second-order valence-corrected chi connectivity index (χ2v) is 7.35. The van der Waals surface area contributed by atoms with E-state index in [1.54, 1.807) is 36.3 Å². The van der Waals surface area contributed by atoms with Crippen molar-refractivity contribution in [3.63, 3.8) is 0 Å². The van der Waals surface area contributed by atoms with Gasteiger partial charge in [0.05, 0.1) is 23.5 Å². The highest BCUT2D eigenvalue weighted by atomic mass is 35.5. The molecule has 1 heterocycles. The molecule has 3 aromatic carbocycles. The van der Waals surface area contributed by atoms with E-state index in [-0.39, 0.29) is 5.91 Å². The zero-order valence-electron chi connectivity index (χ0n) is 15.6. The molecule has 0 saturated heterocycles. The molecule has 0 N–H and O–H groups in total. The van der Waals surface area contributed by atoms with E-state index in [1.165, 1.54) is 0 Å². The third-order valence-corrected chi connectivity index (χ3v) is 5.19. The fourth-order valence-corrected chi connectivity index (χ4v) is 3.61. The normalized spacial score (nSPS) is 15.0. The van der Waals surface area contributed by atoms with E-state index < -0.39 is 0 Å². The van der Waals surface area contributed by atoms with Crippen molar-refractivity contribution in [3.05, 3.63) is 106 Å². The van der Waals surface area contributed by atoms with Crippen LogP contribution in [0.3, 0.4) is 0 Å². The zero-order chi connectivity index (χ0) is 20.4. The second-order valence-electron chi connectivity index (χ2n) is 6.51. The molecule has 0 bridgehead atoms. The predicted octanol–water partition coefficient (Wildman–Crippen LogP) is 6.47. The highest BCUT2D eigenvalue weighted by Gasteiger charge is 2.30. The van der Waals surface area contributed by atoms with Crippen LogP contribution in [0.1, 0.15) is 11.1 Å². The molecule has 3 aromatic rings. The highest BCUT2D eigenvalue weighted by molar-refractivity contribution is 6.33. The van der Waals surface area contributed by atoms with E-state index in [9.17, 15) is 4.79 Å². The average molecular weight is 422 g/mol. The smallest absolute Gasteiger partial charge is 0.262 e. The second kappa shape index (κ2) is 8.16. The summed E-state index contributed by atoms with van der Waals surface area (Å²) in [6.07, 6.45) is 3.76. The molecule has 29 heavy (non-hydrogen) atoms. The van der Waals surface area contributed by atoms with Gasteiger partial charge in [-0.3, -0.25) is 9.69 Å². The van der Waals surface area contributed by atoms with Crippen LogP contribution >= 0.6 is 23.2 Å². The van der Waals surface area contributed by atoms with E-state index in [0.717, 1.165) is 16.8 Å². The first-order valence-electron chi connectivity index (χ1n) is 8.99. The largest absolute Gasteiger partial charge is 0.495 e. The molecule has 5 heteroatoms. The van der Waals surface area contributed by atoms with Gasteiger partial charge in [-0.2, -0.15) is 0 Å². The molecule has 1 amide bonds. The Morgan fingerprint density at radius 2 is 1.66 bits per heavy atom. The molecule has 144 valence electrons. The van der Waals surface area contributed by atoms with Crippen molar-refractivity contribution < 1.29 is 9.53 Å². The van der Waals surface area contributed by atoms with Crippen LogP contribution in [0.25, 0.3) is 11.8 Å². The maximum Gasteiger partial charge on any atom is 0.262 e. The lowest BCUT2D eigenvalue weighted by atomic mass is 10.1. The molecule has 3 nitrogen and oxygen atoms in total. The van der Waals surface area contributed by atoms with E-state index >= 15 is 0 Å². The summed E-state index contributed by atoms with van der Waals surface area (Å²) in [5, 5.41) is 1.08. The monoisotopic (exact) mass is 421 g/mol. The van der Waals surface area contributed by atoms with Crippen molar-refractivity contribution in [2.45, 2.75) is 0 Å². The Morgan fingerprint density at radius 3 is 2.31 bits per heavy atom. The van der Waals surface area contributed by atoms with Gasteiger partial charge in [-0.25, -0.2) is 0 Å². The molecule has 1 aliphatic heterocycles. The number of nitrogens with zero attached hydrogens (tertiary/aromatic N) is 1. The Hall–Kier alpha value is -3.01. The molecular formula is C24H17Cl2NO2. The van der Waals surface area contributed by atoms with Crippen LogP contribution in [-0.2, 0) is 4.79 Å². The number of hydrogen-bond acceptors (Lipinski definition) is 2. The van der Waals surface area contributed by atoms with Crippen molar-refractivity contribution in [1.82, 2.24) is 0 Å². The number of amides is 1. The maximum atomic E-state index is 13.3. The number of carbonyl (C=O) groups excluding carboxylic acids is 1. The lowest BCUT2D eigenvalue weighted by Gasteiger charge is -2.21. The summed E-state index contributed by atoms with van der Waals surface area (Å²) in [6, 6.07) is 22.4. The van der Waals surface area contributed by atoms with Gasteiger partial charge in [0.2, 0.25) is 0 Å². The van der Waals surface area contributed by atoms with E-state index in [0.29, 0.717) is 27.1 Å².